The van der Waals surface area contributed by atoms with E-state index in [-0.39, 0.29) is 29.8 Å². The maximum atomic E-state index is 14.1. The molecule has 0 spiro atoms. The summed E-state index contributed by atoms with van der Waals surface area (Å²) in [6.07, 6.45) is 0.525. The lowest BCUT2D eigenvalue weighted by molar-refractivity contribution is 0.235. The number of hydrogen-bond donors (Lipinski definition) is 1. The molecule has 27 heavy (non-hydrogen) atoms. The van der Waals surface area contributed by atoms with Gasteiger partial charge in [-0.2, -0.15) is 5.26 Å². The van der Waals surface area contributed by atoms with E-state index in [1.54, 1.807) is 11.0 Å². The summed E-state index contributed by atoms with van der Waals surface area (Å²) < 4.78 is 28.3. The maximum Gasteiger partial charge on any atom is 0.255 e. The topological polar surface area (TPSA) is 72.8 Å². The Morgan fingerprint density at radius 2 is 2.11 bits per heavy atom. The first kappa shape index (κ1) is 17.5. The molecule has 0 amide bonds. The van der Waals surface area contributed by atoms with Crippen LogP contribution in [0.3, 0.4) is 0 Å². The fraction of sp³-hybridized carbons (Fsp3) is 0.211. The van der Waals surface area contributed by atoms with Crippen molar-refractivity contribution in [2.24, 2.45) is 0 Å². The Bertz CT molecular complexity index is 1080. The van der Waals surface area contributed by atoms with Gasteiger partial charge in [0.25, 0.3) is 5.56 Å². The lowest BCUT2D eigenvalue weighted by atomic mass is 10.0. The average Bonchev–Trinajstić information content (AvgIpc) is 3.19. The van der Waals surface area contributed by atoms with Crippen LogP contribution in [0.15, 0.2) is 34.4 Å². The number of fused-ring (bicyclic) bond motifs is 1. The fourth-order valence-corrected chi connectivity index (χ4v) is 3.86. The number of aromatic amines is 1. The quantitative estimate of drug-likeness (QED) is 0.753. The molecule has 1 aliphatic heterocycles. The van der Waals surface area contributed by atoms with Gasteiger partial charge in [-0.25, -0.2) is 13.8 Å². The van der Waals surface area contributed by atoms with Crippen LogP contribution in [0.25, 0.3) is 10.7 Å². The highest BCUT2D eigenvalue weighted by molar-refractivity contribution is 7.13. The van der Waals surface area contributed by atoms with E-state index < -0.39 is 11.6 Å². The highest BCUT2D eigenvalue weighted by atomic mass is 32.1. The van der Waals surface area contributed by atoms with Gasteiger partial charge in [-0.15, -0.1) is 11.3 Å². The van der Waals surface area contributed by atoms with Crippen LogP contribution in [0.1, 0.15) is 22.4 Å². The Hall–Kier alpha value is -2.89. The Morgan fingerprint density at radius 3 is 2.78 bits per heavy atom. The third kappa shape index (κ3) is 3.39. The van der Waals surface area contributed by atoms with E-state index in [0.717, 1.165) is 22.7 Å². The number of aromatic nitrogens is 2. The van der Waals surface area contributed by atoms with E-state index >= 15 is 0 Å². The minimum Gasteiger partial charge on any atom is -0.306 e. The molecule has 2 aromatic heterocycles. The van der Waals surface area contributed by atoms with E-state index in [1.165, 1.54) is 11.3 Å². The monoisotopic (exact) mass is 384 g/mol. The van der Waals surface area contributed by atoms with E-state index in [0.29, 0.717) is 24.4 Å². The van der Waals surface area contributed by atoms with Crippen LogP contribution >= 0.6 is 11.3 Å². The standard InChI is InChI=1S/C19H14F2N4OS/c20-14-6-11(8-22)7-15(21)12(14)9-25-4-3-16-13(10-25)19(26)24-18(23-16)17-2-1-5-27-17/h1-2,5-7H,3-4,9-10H2,(H,23,24,26). The number of thiophene rings is 1. The number of nitrogens with zero attached hydrogens (tertiary/aromatic N) is 3. The van der Waals surface area contributed by atoms with Crippen LogP contribution in [-0.4, -0.2) is 21.4 Å². The summed E-state index contributed by atoms with van der Waals surface area (Å²) in [4.78, 5) is 22.5. The molecule has 0 fully saturated rings. The van der Waals surface area contributed by atoms with Gasteiger partial charge in [0.15, 0.2) is 5.82 Å². The lowest BCUT2D eigenvalue weighted by Crippen LogP contribution is -2.35. The SMILES string of the molecule is N#Cc1cc(F)c(CN2CCc3nc(-c4cccs4)[nH]c(=O)c3C2)c(F)c1. The van der Waals surface area contributed by atoms with Crippen molar-refractivity contribution in [3.63, 3.8) is 0 Å². The van der Waals surface area contributed by atoms with Crippen LogP contribution in [0, 0.1) is 23.0 Å². The van der Waals surface area contributed by atoms with Crippen LogP contribution in [0.2, 0.25) is 0 Å². The van der Waals surface area contributed by atoms with Gasteiger partial charge in [-0.05, 0) is 23.6 Å². The molecule has 0 unspecified atom stereocenters. The molecule has 0 aliphatic carbocycles. The molecule has 0 saturated heterocycles. The van der Waals surface area contributed by atoms with Gasteiger partial charge in [0, 0.05) is 31.6 Å². The molecule has 3 heterocycles. The minimum absolute atomic E-state index is 0.0227. The molecule has 136 valence electrons. The molecule has 4 rings (SSSR count). The van der Waals surface area contributed by atoms with Crippen LogP contribution in [0.5, 0.6) is 0 Å². The predicted octanol–water partition coefficient (Wildman–Crippen LogP) is 3.21. The Morgan fingerprint density at radius 1 is 1.33 bits per heavy atom. The lowest BCUT2D eigenvalue weighted by Gasteiger charge is -2.28. The Labute approximate surface area is 157 Å². The van der Waals surface area contributed by atoms with Crippen molar-refractivity contribution in [2.45, 2.75) is 19.5 Å². The van der Waals surface area contributed by atoms with Crippen molar-refractivity contribution in [1.82, 2.24) is 14.9 Å². The molecule has 1 N–H and O–H groups in total. The highest BCUT2D eigenvalue weighted by Crippen LogP contribution is 2.24. The number of nitrogens with one attached hydrogen (secondary N) is 1. The van der Waals surface area contributed by atoms with Gasteiger partial charge >= 0.3 is 0 Å². The summed E-state index contributed by atoms with van der Waals surface area (Å²) in [6.45, 7) is 0.822. The van der Waals surface area contributed by atoms with Crippen molar-refractivity contribution < 1.29 is 8.78 Å². The molecular weight excluding hydrogens is 370 g/mol. The average molecular weight is 384 g/mol. The number of rotatable bonds is 3. The van der Waals surface area contributed by atoms with E-state index in [9.17, 15) is 13.6 Å². The zero-order chi connectivity index (χ0) is 19.0. The van der Waals surface area contributed by atoms with Gasteiger partial charge < -0.3 is 4.98 Å². The number of hydrogen-bond acceptors (Lipinski definition) is 5. The van der Waals surface area contributed by atoms with Crippen LogP contribution in [-0.2, 0) is 19.5 Å². The molecule has 8 heteroatoms. The number of nitriles is 1. The number of halogens is 2. The Balaban J connectivity index is 1.59. The molecule has 1 aliphatic rings. The van der Waals surface area contributed by atoms with E-state index in [2.05, 4.69) is 9.97 Å². The number of benzene rings is 1. The normalized spacial score (nSPS) is 14.0. The molecule has 0 bridgehead atoms. The first-order valence-corrected chi connectivity index (χ1v) is 9.19. The van der Waals surface area contributed by atoms with Crippen molar-refractivity contribution >= 4 is 11.3 Å². The largest absolute Gasteiger partial charge is 0.306 e. The maximum absolute atomic E-state index is 14.1. The zero-order valence-electron chi connectivity index (χ0n) is 14.1. The second kappa shape index (κ2) is 7.02. The van der Waals surface area contributed by atoms with E-state index in [4.69, 9.17) is 5.26 Å². The molecular formula is C19H14F2N4OS. The van der Waals surface area contributed by atoms with Crippen LogP contribution < -0.4 is 5.56 Å². The Kier molecular flexibility index (Phi) is 4.56. The molecule has 5 nitrogen and oxygen atoms in total. The van der Waals surface area contributed by atoms with Gasteiger partial charge in [0.05, 0.1) is 27.8 Å². The fourth-order valence-electron chi connectivity index (χ4n) is 3.19. The van der Waals surface area contributed by atoms with Gasteiger partial charge in [-0.3, -0.25) is 9.69 Å². The van der Waals surface area contributed by atoms with Gasteiger partial charge in [0.1, 0.15) is 11.6 Å². The first-order chi connectivity index (χ1) is 13.0. The summed E-state index contributed by atoms with van der Waals surface area (Å²) in [7, 11) is 0. The molecule has 3 aromatic rings. The smallest absolute Gasteiger partial charge is 0.255 e. The number of H-pyrrole nitrogens is 1. The van der Waals surface area contributed by atoms with Crippen molar-refractivity contribution in [3.8, 4) is 16.8 Å². The van der Waals surface area contributed by atoms with Gasteiger partial charge in [-0.1, -0.05) is 6.07 Å². The third-order valence-corrected chi connectivity index (χ3v) is 5.43. The highest BCUT2D eigenvalue weighted by Gasteiger charge is 2.24. The summed E-state index contributed by atoms with van der Waals surface area (Å²) >= 11 is 1.49. The second-order valence-electron chi connectivity index (χ2n) is 6.31. The zero-order valence-corrected chi connectivity index (χ0v) is 14.9. The summed E-state index contributed by atoms with van der Waals surface area (Å²) in [5, 5.41) is 10.7. The summed E-state index contributed by atoms with van der Waals surface area (Å²) in [5.41, 5.74) is 0.862. The minimum atomic E-state index is -0.752. The van der Waals surface area contributed by atoms with E-state index in [1.807, 2.05) is 17.5 Å². The molecule has 0 atom stereocenters. The van der Waals surface area contributed by atoms with Crippen molar-refractivity contribution in [1.29, 1.82) is 5.26 Å². The van der Waals surface area contributed by atoms with Crippen molar-refractivity contribution in [3.05, 3.63) is 74.0 Å². The second-order valence-corrected chi connectivity index (χ2v) is 7.26. The first-order valence-electron chi connectivity index (χ1n) is 8.31. The molecule has 0 radical (unpaired) electrons. The van der Waals surface area contributed by atoms with Crippen LogP contribution in [0.4, 0.5) is 8.78 Å². The molecule has 1 aromatic carbocycles. The summed E-state index contributed by atoms with van der Waals surface area (Å²) in [6, 6.07) is 7.56. The van der Waals surface area contributed by atoms with Gasteiger partial charge in [0.2, 0.25) is 0 Å². The van der Waals surface area contributed by atoms with Crippen molar-refractivity contribution in [2.75, 3.05) is 6.54 Å². The predicted molar refractivity (Wildman–Crippen MR) is 97.1 cm³/mol. The third-order valence-electron chi connectivity index (χ3n) is 4.55. The summed E-state index contributed by atoms with van der Waals surface area (Å²) in [5.74, 6) is -0.957. The molecule has 0 saturated carbocycles.